The first-order valence-corrected chi connectivity index (χ1v) is 6.11. The van der Waals surface area contributed by atoms with Gasteiger partial charge in [-0.05, 0) is 32.3 Å². The summed E-state index contributed by atoms with van der Waals surface area (Å²) in [6, 6.07) is 9.80. The van der Waals surface area contributed by atoms with E-state index < -0.39 is 5.41 Å². The second kappa shape index (κ2) is 5.35. The van der Waals surface area contributed by atoms with Crippen LogP contribution in [0.3, 0.4) is 0 Å². The van der Waals surface area contributed by atoms with Crippen molar-refractivity contribution >= 4 is 5.97 Å². The lowest BCUT2D eigenvalue weighted by molar-refractivity contribution is -0.161. The minimum Gasteiger partial charge on any atom is -0.457 e. The van der Waals surface area contributed by atoms with Crippen molar-refractivity contribution in [3.63, 3.8) is 0 Å². The van der Waals surface area contributed by atoms with Gasteiger partial charge >= 0.3 is 5.97 Å². The van der Waals surface area contributed by atoms with E-state index in [4.69, 9.17) is 4.74 Å². The molecule has 0 saturated carbocycles. The van der Waals surface area contributed by atoms with E-state index in [1.165, 1.54) is 0 Å². The largest absolute Gasteiger partial charge is 0.457 e. The minimum absolute atomic E-state index is 0.135. The molecule has 94 valence electrons. The molecule has 0 aliphatic carbocycles. The summed E-state index contributed by atoms with van der Waals surface area (Å²) >= 11 is 0. The van der Waals surface area contributed by atoms with Gasteiger partial charge in [0.2, 0.25) is 0 Å². The predicted octanol–water partition coefficient (Wildman–Crippen LogP) is 3.97. The van der Waals surface area contributed by atoms with Crippen LogP contribution in [0.1, 0.15) is 46.3 Å². The zero-order valence-electron chi connectivity index (χ0n) is 11.4. The monoisotopic (exact) mass is 234 g/mol. The van der Waals surface area contributed by atoms with Crippen LogP contribution in [0.2, 0.25) is 0 Å². The van der Waals surface area contributed by atoms with Gasteiger partial charge in [-0.1, -0.05) is 44.2 Å². The highest BCUT2D eigenvalue weighted by molar-refractivity contribution is 5.76. The number of ether oxygens (including phenoxy) is 1. The molecule has 0 aliphatic rings. The lowest BCUT2D eigenvalue weighted by Crippen LogP contribution is -2.32. The Balaban J connectivity index is 2.70. The number of carbonyl (C=O) groups is 1. The summed E-state index contributed by atoms with van der Waals surface area (Å²) in [7, 11) is 0. The summed E-state index contributed by atoms with van der Waals surface area (Å²) in [5.41, 5.74) is 0.587. The summed E-state index contributed by atoms with van der Waals surface area (Å²) in [5.74, 6) is 0.127. The van der Waals surface area contributed by atoms with Crippen LogP contribution >= 0.6 is 0 Å². The normalized spacial score (nSPS) is 13.5. The van der Waals surface area contributed by atoms with E-state index in [1.807, 2.05) is 65.0 Å². The van der Waals surface area contributed by atoms with Crippen molar-refractivity contribution in [1.29, 1.82) is 0 Å². The van der Waals surface area contributed by atoms with Gasteiger partial charge in [0.05, 0.1) is 5.41 Å². The maximum Gasteiger partial charge on any atom is 0.312 e. The Bertz CT molecular complexity index is 366. The maximum absolute atomic E-state index is 12.1. The number of rotatable bonds is 4. The Hall–Kier alpha value is -1.31. The molecule has 1 aromatic rings. The van der Waals surface area contributed by atoms with Crippen LogP contribution in [0.15, 0.2) is 30.3 Å². The molecule has 0 amide bonds. The molecule has 0 bridgehead atoms. The van der Waals surface area contributed by atoms with Crippen molar-refractivity contribution in [2.75, 3.05) is 0 Å². The smallest absolute Gasteiger partial charge is 0.312 e. The average molecular weight is 234 g/mol. The molecule has 0 aromatic heterocycles. The van der Waals surface area contributed by atoms with Crippen LogP contribution in [0.25, 0.3) is 0 Å². The Morgan fingerprint density at radius 2 is 1.65 bits per heavy atom. The van der Waals surface area contributed by atoms with Gasteiger partial charge in [-0.15, -0.1) is 0 Å². The summed E-state index contributed by atoms with van der Waals surface area (Å²) in [6.45, 7) is 9.84. The molecule has 0 aliphatic heterocycles. The molecule has 0 radical (unpaired) electrons. The molecule has 1 rings (SSSR count). The standard InChI is InChI=1S/C15H22O2/c1-11(2)15(4,5)14(16)17-12(3)13-9-7-6-8-10-13/h6-12H,1-5H3. The summed E-state index contributed by atoms with van der Waals surface area (Å²) < 4.78 is 5.52. The lowest BCUT2D eigenvalue weighted by Gasteiger charge is -2.28. The minimum atomic E-state index is -0.441. The molecule has 2 nitrogen and oxygen atoms in total. The van der Waals surface area contributed by atoms with Crippen LogP contribution in [-0.2, 0) is 9.53 Å². The van der Waals surface area contributed by atoms with Gasteiger partial charge in [0.1, 0.15) is 6.10 Å². The zero-order chi connectivity index (χ0) is 13.1. The molecule has 0 fully saturated rings. The van der Waals surface area contributed by atoms with Crippen molar-refractivity contribution in [3.05, 3.63) is 35.9 Å². The highest BCUT2D eigenvalue weighted by Crippen LogP contribution is 2.30. The topological polar surface area (TPSA) is 26.3 Å². The van der Waals surface area contributed by atoms with E-state index in [-0.39, 0.29) is 18.0 Å². The SMILES string of the molecule is CC(OC(=O)C(C)(C)C(C)C)c1ccccc1. The van der Waals surface area contributed by atoms with Crippen LogP contribution in [0.4, 0.5) is 0 Å². The molecule has 0 spiro atoms. The van der Waals surface area contributed by atoms with Crippen molar-refractivity contribution < 1.29 is 9.53 Å². The van der Waals surface area contributed by atoms with Gasteiger partial charge in [0.15, 0.2) is 0 Å². The Labute approximate surface area is 104 Å². The Morgan fingerprint density at radius 1 is 1.12 bits per heavy atom. The number of esters is 1. The molecule has 1 unspecified atom stereocenters. The summed E-state index contributed by atoms with van der Waals surface area (Å²) in [4.78, 5) is 12.1. The van der Waals surface area contributed by atoms with Crippen LogP contribution in [0.5, 0.6) is 0 Å². The van der Waals surface area contributed by atoms with Gasteiger partial charge < -0.3 is 4.74 Å². The highest BCUT2D eigenvalue weighted by atomic mass is 16.5. The molecular weight excluding hydrogens is 212 g/mol. The quantitative estimate of drug-likeness (QED) is 0.737. The zero-order valence-corrected chi connectivity index (χ0v) is 11.4. The lowest BCUT2D eigenvalue weighted by atomic mass is 9.81. The third-order valence-corrected chi connectivity index (χ3v) is 3.52. The Morgan fingerprint density at radius 3 is 2.12 bits per heavy atom. The first-order valence-electron chi connectivity index (χ1n) is 6.11. The van der Waals surface area contributed by atoms with E-state index in [0.29, 0.717) is 0 Å². The third kappa shape index (κ3) is 3.32. The number of carbonyl (C=O) groups excluding carboxylic acids is 1. The molecule has 0 heterocycles. The van der Waals surface area contributed by atoms with Crippen molar-refractivity contribution in [2.45, 2.75) is 40.7 Å². The van der Waals surface area contributed by atoms with Crippen LogP contribution in [0, 0.1) is 11.3 Å². The van der Waals surface area contributed by atoms with E-state index in [1.54, 1.807) is 0 Å². The fourth-order valence-corrected chi connectivity index (χ4v) is 1.34. The van der Waals surface area contributed by atoms with Gasteiger partial charge in [-0.2, -0.15) is 0 Å². The third-order valence-electron chi connectivity index (χ3n) is 3.52. The first kappa shape index (κ1) is 13.8. The van der Waals surface area contributed by atoms with Crippen LogP contribution in [-0.4, -0.2) is 5.97 Å². The number of benzene rings is 1. The Kier molecular flexibility index (Phi) is 4.33. The fraction of sp³-hybridized carbons (Fsp3) is 0.533. The van der Waals surface area contributed by atoms with Crippen molar-refractivity contribution in [1.82, 2.24) is 0 Å². The number of hydrogen-bond donors (Lipinski definition) is 0. The van der Waals surface area contributed by atoms with E-state index in [9.17, 15) is 4.79 Å². The maximum atomic E-state index is 12.1. The first-order chi connectivity index (χ1) is 7.85. The van der Waals surface area contributed by atoms with Gasteiger partial charge in [-0.25, -0.2) is 0 Å². The second-order valence-electron chi connectivity index (χ2n) is 5.33. The molecule has 1 aromatic carbocycles. The van der Waals surface area contributed by atoms with E-state index in [2.05, 4.69) is 0 Å². The molecule has 17 heavy (non-hydrogen) atoms. The van der Waals surface area contributed by atoms with E-state index in [0.717, 1.165) is 5.56 Å². The van der Waals surface area contributed by atoms with Gasteiger partial charge in [0, 0.05) is 0 Å². The van der Waals surface area contributed by atoms with Crippen molar-refractivity contribution in [3.8, 4) is 0 Å². The fourth-order valence-electron chi connectivity index (χ4n) is 1.34. The molecule has 0 N–H and O–H groups in total. The molecular formula is C15H22O2. The number of hydrogen-bond acceptors (Lipinski definition) is 2. The second-order valence-corrected chi connectivity index (χ2v) is 5.33. The molecule has 1 atom stereocenters. The summed E-state index contributed by atoms with van der Waals surface area (Å²) in [5, 5.41) is 0. The van der Waals surface area contributed by atoms with Gasteiger partial charge in [-0.3, -0.25) is 4.79 Å². The molecule has 2 heteroatoms. The van der Waals surface area contributed by atoms with Gasteiger partial charge in [0.25, 0.3) is 0 Å². The summed E-state index contributed by atoms with van der Waals surface area (Å²) in [6.07, 6.45) is -0.193. The molecule has 0 saturated heterocycles. The van der Waals surface area contributed by atoms with E-state index >= 15 is 0 Å². The predicted molar refractivity (Wildman–Crippen MR) is 69.6 cm³/mol. The highest BCUT2D eigenvalue weighted by Gasteiger charge is 2.33. The van der Waals surface area contributed by atoms with Crippen LogP contribution < -0.4 is 0 Å². The average Bonchev–Trinajstić information content (AvgIpc) is 2.29. The van der Waals surface area contributed by atoms with Crippen molar-refractivity contribution in [2.24, 2.45) is 11.3 Å².